The van der Waals surface area contributed by atoms with Gasteiger partial charge in [0.2, 0.25) is 11.8 Å². The number of hydrogen-bond acceptors (Lipinski definition) is 5. The number of nitrogens with zero attached hydrogens (tertiary/aromatic N) is 2. The van der Waals surface area contributed by atoms with Crippen LogP contribution < -0.4 is 5.32 Å². The third-order valence-electron chi connectivity index (χ3n) is 3.18. The summed E-state index contributed by atoms with van der Waals surface area (Å²) in [7, 11) is 1.64. The molecule has 1 aromatic heterocycles. The van der Waals surface area contributed by atoms with E-state index in [0.29, 0.717) is 11.8 Å². The molecule has 0 aliphatic rings. The molecule has 1 N–H and O–H groups in total. The highest BCUT2D eigenvalue weighted by atomic mass is 16.5. The van der Waals surface area contributed by atoms with Crippen LogP contribution in [0, 0.1) is 0 Å². The lowest BCUT2D eigenvalue weighted by molar-refractivity contribution is 0.109. The summed E-state index contributed by atoms with van der Waals surface area (Å²) in [5.41, 5.74) is 1.00. The number of ether oxygens (including phenoxy) is 1. The summed E-state index contributed by atoms with van der Waals surface area (Å²) in [6.07, 6.45) is 0.579. The molecule has 0 radical (unpaired) electrons. The van der Waals surface area contributed by atoms with E-state index in [9.17, 15) is 0 Å². The molecule has 2 aromatic rings. The van der Waals surface area contributed by atoms with E-state index in [-0.39, 0.29) is 12.1 Å². The monoisotopic (exact) mass is 275 g/mol. The Morgan fingerprint density at radius 3 is 2.45 bits per heavy atom. The van der Waals surface area contributed by atoms with E-state index in [4.69, 9.17) is 9.15 Å². The minimum absolute atomic E-state index is 0.0922. The third-order valence-corrected chi connectivity index (χ3v) is 3.18. The fourth-order valence-corrected chi connectivity index (χ4v) is 2.15. The molecule has 5 nitrogen and oxygen atoms in total. The molecule has 20 heavy (non-hydrogen) atoms. The lowest BCUT2D eigenvalue weighted by Crippen LogP contribution is -2.20. The second-order valence-corrected chi connectivity index (χ2v) is 4.52. The Morgan fingerprint density at radius 2 is 1.85 bits per heavy atom. The number of nitrogens with one attached hydrogen (secondary N) is 1. The van der Waals surface area contributed by atoms with E-state index in [1.165, 1.54) is 0 Å². The van der Waals surface area contributed by atoms with Crippen LogP contribution in [0.4, 0.5) is 0 Å². The molecule has 0 aliphatic heterocycles. The van der Waals surface area contributed by atoms with Crippen molar-refractivity contribution in [2.45, 2.75) is 32.4 Å². The van der Waals surface area contributed by atoms with E-state index in [2.05, 4.69) is 29.4 Å². The molecule has 0 fully saturated rings. The van der Waals surface area contributed by atoms with Crippen molar-refractivity contribution in [1.82, 2.24) is 15.5 Å². The van der Waals surface area contributed by atoms with Crippen molar-refractivity contribution in [2.75, 3.05) is 13.7 Å². The maximum Gasteiger partial charge on any atom is 0.249 e. The van der Waals surface area contributed by atoms with Gasteiger partial charge >= 0.3 is 0 Å². The fraction of sp³-hybridized carbons (Fsp3) is 0.467. The number of benzene rings is 1. The van der Waals surface area contributed by atoms with E-state index in [1.54, 1.807) is 7.11 Å². The molecule has 0 spiro atoms. The first-order chi connectivity index (χ1) is 9.80. The van der Waals surface area contributed by atoms with Crippen molar-refractivity contribution in [3.8, 4) is 0 Å². The molecule has 0 aliphatic carbocycles. The van der Waals surface area contributed by atoms with Gasteiger partial charge in [0.1, 0.15) is 0 Å². The van der Waals surface area contributed by atoms with Crippen LogP contribution >= 0.6 is 0 Å². The highest BCUT2D eigenvalue weighted by molar-refractivity contribution is 5.21. The molecule has 0 bridgehead atoms. The standard InChI is InChI=1S/C15H21N3O2/c1-4-12(16-5-2)14-17-18-15(20-14)13(19-3)11-9-7-6-8-10-11/h6-10,12-13,16H,4-5H2,1-3H3. The summed E-state index contributed by atoms with van der Waals surface area (Å²) in [6, 6.07) is 9.96. The highest BCUT2D eigenvalue weighted by Gasteiger charge is 2.22. The minimum atomic E-state index is -0.323. The second kappa shape index (κ2) is 7.17. The van der Waals surface area contributed by atoms with Crippen LogP contribution in [-0.4, -0.2) is 23.9 Å². The smallest absolute Gasteiger partial charge is 0.249 e. The largest absolute Gasteiger partial charge is 0.420 e. The topological polar surface area (TPSA) is 60.2 Å². The molecule has 0 saturated heterocycles. The van der Waals surface area contributed by atoms with Crippen LogP contribution in [0.3, 0.4) is 0 Å². The van der Waals surface area contributed by atoms with Crippen molar-refractivity contribution in [2.24, 2.45) is 0 Å². The molecule has 2 atom stereocenters. The summed E-state index contributed by atoms with van der Waals surface area (Å²) < 4.78 is 11.3. The van der Waals surface area contributed by atoms with Gasteiger partial charge in [-0.15, -0.1) is 10.2 Å². The van der Waals surface area contributed by atoms with Crippen LogP contribution in [0.2, 0.25) is 0 Å². The molecule has 108 valence electrons. The number of hydrogen-bond donors (Lipinski definition) is 1. The summed E-state index contributed by atoms with van der Waals surface area (Å²) >= 11 is 0. The molecule has 1 heterocycles. The van der Waals surface area contributed by atoms with E-state index >= 15 is 0 Å². The van der Waals surface area contributed by atoms with Gasteiger partial charge in [-0.1, -0.05) is 44.2 Å². The van der Waals surface area contributed by atoms with Gasteiger partial charge in [-0.25, -0.2) is 0 Å². The van der Waals surface area contributed by atoms with Crippen molar-refractivity contribution in [1.29, 1.82) is 0 Å². The lowest BCUT2D eigenvalue weighted by atomic mass is 10.1. The van der Waals surface area contributed by atoms with Gasteiger partial charge in [-0.2, -0.15) is 0 Å². The quantitative estimate of drug-likeness (QED) is 0.842. The van der Waals surface area contributed by atoms with Crippen molar-refractivity contribution in [3.05, 3.63) is 47.7 Å². The number of rotatable bonds is 7. The molecular weight excluding hydrogens is 254 g/mol. The Kier molecular flexibility index (Phi) is 5.26. The summed E-state index contributed by atoms with van der Waals surface area (Å²) in [5.74, 6) is 1.10. The first-order valence-electron chi connectivity index (χ1n) is 6.94. The summed E-state index contributed by atoms with van der Waals surface area (Å²) in [5, 5.41) is 11.6. The average molecular weight is 275 g/mol. The first kappa shape index (κ1) is 14.7. The zero-order valence-corrected chi connectivity index (χ0v) is 12.2. The van der Waals surface area contributed by atoms with Gasteiger partial charge in [-0.3, -0.25) is 0 Å². The van der Waals surface area contributed by atoms with Crippen LogP contribution in [0.1, 0.15) is 49.8 Å². The van der Waals surface area contributed by atoms with Gasteiger partial charge in [0.05, 0.1) is 6.04 Å². The molecule has 0 saturated carbocycles. The van der Waals surface area contributed by atoms with Gasteiger partial charge in [0, 0.05) is 7.11 Å². The van der Waals surface area contributed by atoms with E-state index in [1.807, 2.05) is 30.3 Å². The Balaban J connectivity index is 2.22. The minimum Gasteiger partial charge on any atom is -0.420 e. The SMILES string of the molecule is CCNC(CC)c1nnc(C(OC)c2ccccc2)o1. The maximum atomic E-state index is 5.79. The average Bonchev–Trinajstić information content (AvgIpc) is 2.96. The lowest BCUT2D eigenvalue weighted by Gasteiger charge is -2.12. The molecular formula is C15H21N3O2. The first-order valence-corrected chi connectivity index (χ1v) is 6.94. The van der Waals surface area contributed by atoms with Gasteiger partial charge in [-0.05, 0) is 18.5 Å². The molecule has 0 amide bonds. The van der Waals surface area contributed by atoms with E-state index < -0.39 is 0 Å². The van der Waals surface area contributed by atoms with Crippen molar-refractivity contribution >= 4 is 0 Å². The Morgan fingerprint density at radius 1 is 1.15 bits per heavy atom. The van der Waals surface area contributed by atoms with Crippen LogP contribution in [-0.2, 0) is 4.74 Å². The zero-order chi connectivity index (χ0) is 14.4. The van der Waals surface area contributed by atoms with E-state index in [0.717, 1.165) is 18.5 Å². The second-order valence-electron chi connectivity index (χ2n) is 4.52. The fourth-order valence-electron chi connectivity index (χ4n) is 2.15. The number of methoxy groups -OCH3 is 1. The Bertz CT molecular complexity index is 513. The zero-order valence-electron chi connectivity index (χ0n) is 12.2. The molecule has 5 heteroatoms. The van der Waals surface area contributed by atoms with Crippen LogP contribution in [0.15, 0.2) is 34.7 Å². The normalized spacial score (nSPS) is 14.2. The molecule has 2 unspecified atom stereocenters. The molecule has 1 aromatic carbocycles. The van der Waals surface area contributed by atoms with Gasteiger partial charge < -0.3 is 14.5 Å². The van der Waals surface area contributed by atoms with Gasteiger partial charge in [0.15, 0.2) is 6.10 Å². The highest BCUT2D eigenvalue weighted by Crippen LogP contribution is 2.26. The number of aromatic nitrogens is 2. The summed E-state index contributed by atoms with van der Waals surface area (Å²) in [6.45, 7) is 5.01. The summed E-state index contributed by atoms with van der Waals surface area (Å²) in [4.78, 5) is 0. The van der Waals surface area contributed by atoms with Crippen LogP contribution in [0.5, 0.6) is 0 Å². The predicted octanol–water partition coefficient (Wildman–Crippen LogP) is 2.87. The Labute approximate surface area is 119 Å². The van der Waals surface area contributed by atoms with Crippen LogP contribution in [0.25, 0.3) is 0 Å². The van der Waals surface area contributed by atoms with Crippen molar-refractivity contribution in [3.63, 3.8) is 0 Å². The van der Waals surface area contributed by atoms with Crippen molar-refractivity contribution < 1.29 is 9.15 Å². The maximum absolute atomic E-state index is 5.79. The molecule has 2 rings (SSSR count). The van der Waals surface area contributed by atoms with Gasteiger partial charge in [0.25, 0.3) is 0 Å². The Hall–Kier alpha value is -1.72. The third kappa shape index (κ3) is 3.23. The predicted molar refractivity (Wildman–Crippen MR) is 76.3 cm³/mol.